The van der Waals surface area contributed by atoms with Crippen LogP contribution in [0.3, 0.4) is 0 Å². The molecule has 9 nitrogen and oxygen atoms in total. The third kappa shape index (κ3) is 6.15. The smallest absolute Gasteiger partial charge is 0.246 e. The van der Waals surface area contributed by atoms with Gasteiger partial charge in [0, 0.05) is 24.4 Å². The standard InChI is InChI=1S/C31H47N3O6/c1-7-39-21-13-11-20(12-14-21)32-26(36)23-22-15-16-31(40-22)24(23)28(38)34(17-9-8-10-18-35)25(31)27(37)33-30(5,6)19-29(2,3)4/h11-14,22-25,35H,7-10,15-19H2,1-6H3,(H,32,36)(H,33,37)/t22-,23+,24-,25?,31?/m0/s1. The van der Waals surface area contributed by atoms with E-state index >= 15 is 0 Å². The van der Waals surface area contributed by atoms with Crippen molar-refractivity contribution in [3.8, 4) is 5.75 Å². The SMILES string of the molecule is CCOc1ccc(NC(=O)[C@@H]2[C@@H]3CCC4(O3)C(C(=O)NC(C)(C)CC(C)(C)C)N(CCCCCO)C(=O)[C@H]24)cc1. The molecule has 3 saturated heterocycles. The molecule has 0 radical (unpaired) electrons. The van der Waals surface area contributed by atoms with Crippen LogP contribution in [0.5, 0.6) is 5.75 Å². The number of rotatable bonds is 12. The summed E-state index contributed by atoms with van der Waals surface area (Å²) in [4.78, 5) is 43.4. The molecule has 3 amide bonds. The fourth-order valence-corrected chi connectivity index (χ4v) is 7.36. The monoisotopic (exact) mass is 557 g/mol. The number of carbonyl (C=O) groups is 3. The Hall–Kier alpha value is -2.65. The second-order valence-electron chi connectivity index (χ2n) is 13.4. The Morgan fingerprint density at radius 2 is 1.80 bits per heavy atom. The van der Waals surface area contributed by atoms with E-state index in [0.29, 0.717) is 50.3 Å². The van der Waals surface area contributed by atoms with Crippen molar-refractivity contribution in [3.05, 3.63) is 24.3 Å². The lowest BCUT2D eigenvalue weighted by Gasteiger charge is -2.38. The molecule has 4 rings (SSSR count). The van der Waals surface area contributed by atoms with Crippen LogP contribution in [0, 0.1) is 17.3 Å². The number of amides is 3. The second-order valence-corrected chi connectivity index (χ2v) is 13.4. The molecule has 40 heavy (non-hydrogen) atoms. The molecule has 3 aliphatic rings. The number of anilines is 1. The number of benzene rings is 1. The van der Waals surface area contributed by atoms with Gasteiger partial charge < -0.3 is 30.1 Å². The van der Waals surface area contributed by atoms with Crippen LogP contribution < -0.4 is 15.4 Å². The summed E-state index contributed by atoms with van der Waals surface area (Å²) in [6, 6.07) is 6.36. The van der Waals surface area contributed by atoms with Gasteiger partial charge in [0.25, 0.3) is 0 Å². The molecule has 0 aliphatic carbocycles. The van der Waals surface area contributed by atoms with Crippen molar-refractivity contribution in [2.75, 3.05) is 25.1 Å². The summed E-state index contributed by atoms with van der Waals surface area (Å²) < 4.78 is 12.0. The first-order chi connectivity index (χ1) is 18.8. The number of likely N-dealkylation sites (tertiary alicyclic amines) is 1. The van der Waals surface area contributed by atoms with Gasteiger partial charge in [-0.3, -0.25) is 14.4 Å². The van der Waals surface area contributed by atoms with Crippen LogP contribution >= 0.6 is 0 Å². The molecule has 5 atom stereocenters. The highest BCUT2D eigenvalue weighted by molar-refractivity contribution is 6.02. The molecule has 2 unspecified atom stereocenters. The number of aliphatic hydroxyl groups is 1. The summed E-state index contributed by atoms with van der Waals surface area (Å²) in [7, 11) is 0. The lowest BCUT2D eigenvalue weighted by atomic mass is 9.70. The van der Waals surface area contributed by atoms with E-state index in [1.54, 1.807) is 29.2 Å². The molecule has 1 spiro atoms. The Bertz CT molecular complexity index is 1080. The van der Waals surface area contributed by atoms with Crippen molar-refractivity contribution in [2.24, 2.45) is 17.3 Å². The van der Waals surface area contributed by atoms with Gasteiger partial charge in [-0.15, -0.1) is 0 Å². The minimum absolute atomic E-state index is 0.000554. The highest BCUT2D eigenvalue weighted by Crippen LogP contribution is 2.58. The molecule has 222 valence electrons. The van der Waals surface area contributed by atoms with Gasteiger partial charge in [0.05, 0.1) is 24.5 Å². The second kappa shape index (κ2) is 11.7. The number of unbranched alkanes of at least 4 members (excludes halogenated alkanes) is 2. The van der Waals surface area contributed by atoms with Crippen molar-refractivity contribution in [1.82, 2.24) is 10.2 Å². The van der Waals surface area contributed by atoms with Crippen molar-refractivity contribution in [3.63, 3.8) is 0 Å². The predicted molar refractivity (Wildman–Crippen MR) is 153 cm³/mol. The maximum absolute atomic E-state index is 14.0. The number of carbonyl (C=O) groups excluding carboxylic acids is 3. The largest absolute Gasteiger partial charge is 0.494 e. The number of nitrogens with one attached hydrogen (secondary N) is 2. The van der Waals surface area contributed by atoms with Gasteiger partial charge in [-0.1, -0.05) is 20.8 Å². The quantitative estimate of drug-likeness (QED) is 0.336. The zero-order valence-corrected chi connectivity index (χ0v) is 24.9. The molecule has 0 aromatic heterocycles. The average Bonchev–Trinajstić information content (AvgIpc) is 3.49. The highest BCUT2D eigenvalue weighted by Gasteiger charge is 2.74. The Labute approximate surface area is 238 Å². The van der Waals surface area contributed by atoms with Gasteiger partial charge in [0.15, 0.2) is 0 Å². The number of ether oxygens (including phenoxy) is 2. The number of hydrogen-bond acceptors (Lipinski definition) is 6. The maximum Gasteiger partial charge on any atom is 0.246 e. The van der Waals surface area contributed by atoms with Gasteiger partial charge in [-0.2, -0.15) is 0 Å². The third-order valence-corrected chi connectivity index (χ3v) is 8.28. The molecule has 3 N–H and O–H groups in total. The first-order valence-electron chi connectivity index (χ1n) is 14.8. The number of hydrogen-bond donors (Lipinski definition) is 3. The van der Waals surface area contributed by atoms with Crippen LogP contribution in [0.2, 0.25) is 0 Å². The van der Waals surface area contributed by atoms with Gasteiger partial charge in [-0.25, -0.2) is 0 Å². The molecule has 3 fully saturated rings. The van der Waals surface area contributed by atoms with E-state index in [4.69, 9.17) is 9.47 Å². The molecule has 3 aliphatic heterocycles. The van der Waals surface area contributed by atoms with Crippen LogP contribution in [0.15, 0.2) is 24.3 Å². The van der Waals surface area contributed by atoms with E-state index in [1.165, 1.54) is 0 Å². The van der Waals surface area contributed by atoms with E-state index in [9.17, 15) is 19.5 Å². The molecule has 2 bridgehead atoms. The van der Waals surface area contributed by atoms with Crippen molar-refractivity contribution in [2.45, 2.75) is 103 Å². The van der Waals surface area contributed by atoms with Gasteiger partial charge in [-0.05, 0) is 89.0 Å². The molecule has 1 aromatic carbocycles. The zero-order valence-electron chi connectivity index (χ0n) is 24.9. The summed E-state index contributed by atoms with van der Waals surface area (Å²) in [6.07, 6.45) is 3.58. The van der Waals surface area contributed by atoms with E-state index in [-0.39, 0.29) is 29.7 Å². The van der Waals surface area contributed by atoms with Crippen molar-refractivity contribution < 1.29 is 29.0 Å². The normalized spacial score (nSPS) is 27.6. The summed E-state index contributed by atoms with van der Waals surface area (Å²) in [5.41, 5.74) is -0.896. The van der Waals surface area contributed by atoms with Crippen LogP contribution in [-0.2, 0) is 19.1 Å². The first-order valence-corrected chi connectivity index (χ1v) is 14.8. The third-order valence-electron chi connectivity index (χ3n) is 8.28. The lowest BCUT2D eigenvalue weighted by molar-refractivity contribution is -0.142. The summed E-state index contributed by atoms with van der Waals surface area (Å²) in [5, 5.41) is 15.4. The molecule has 9 heteroatoms. The van der Waals surface area contributed by atoms with E-state index < -0.39 is 35.1 Å². The minimum Gasteiger partial charge on any atom is -0.494 e. The minimum atomic E-state index is -1.03. The van der Waals surface area contributed by atoms with Gasteiger partial charge in [0.1, 0.15) is 17.4 Å². The summed E-state index contributed by atoms with van der Waals surface area (Å²) in [6.45, 7) is 13.4. The fraction of sp³-hybridized carbons (Fsp3) is 0.710. The average molecular weight is 558 g/mol. The van der Waals surface area contributed by atoms with Crippen LogP contribution in [0.1, 0.15) is 80.1 Å². The molecule has 3 heterocycles. The van der Waals surface area contributed by atoms with Crippen LogP contribution in [0.25, 0.3) is 0 Å². The summed E-state index contributed by atoms with van der Waals surface area (Å²) >= 11 is 0. The number of fused-ring (bicyclic) bond motifs is 1. The Balaban J connectivity index is 1.59. The maximum atomic E-state index is 14.0. The van der Waals surface area contributed by atoms with E-state index in [2.05, 4.69) is 31.4 Å². The van der Waals surface area contributed by atoms with Gasteiger partial charge >= 0.3 is 0 Å². The summed E-state index contributed by atoms with van der Waals surface area (Å²) in [5.74, 6) is -1.34. The fourth-order valence-electron chi connectivity index (χ4n) is 7.36. The molecule has 1 aromatic rings. The Morgan fingerprint density at radius 1 is 1.10 bits per heavy atom. The molecule has 0 saturated carbocycles. The molecular formula is C31H47N3O6. The topological polar surface area (TPSA) is 117 Å². The van der Waals surface area contributed by atoms with Crippen molar-refractivity contribution >= 4 is 23.4 Å². The molecular weight excluding hydrogens is 510 g/mol. The first kappa shape index (κ1) is 30.3. The Morgan fingerprint density at radius 3 is 2.42 bits per heavy atom. The number of aliphatic hydroxyl groups excluding tert-OH is 1. The number of nitrogens with zero attached hydrogens (tertiary/aromatic N) is 1. The van der Waals surface area contributed by atoms with Crippen LogP contribution in [-0.4, -0.2) is 70.8 Å². The highest BCUT2D eigenvalue weighted by atomic mass is 16.5. The van der Waals surface area contributed by atoms with Gasteiger partial charge in [0.2, 0.25) is 17.7 Å². The van der Waals surface area contributed by atoms with E-state index in [0.717, 1.165) is 12.8 Å². The lowest BCUT2D eigenvalue weighted by Crippen LogP contribution is -2.59. The van der Waals surface area contributed by atoms with Crippen LogP contribution in [0.4, 0.5) is 5.69 Å². The van der Waals surface area contributed by atoms with Crippen molar-refractivity contribution in [1.29, 1.82) is 0 Å². The predicted octanol–water partition coefficient (Wildman–Crippen LogP) is 3.89. The zero-order chi connectivity index (χ0) is 29.3. The van der Waals surface area contributed by atoms with E-state index in [1.807, 2.05) is 20.8 Å². The Kier molecular flexibility index (Phi) is 8.85.